The molecule has 0 aliphatic carbocycles. The van der Waals surface area contributed by atoms with Gasteiger partial charge in [-0.1, -0.05) is 18.7 Å². The maximum Gasteiger partial charge on any atom is 0.234 e. The lowest BCUT2D eigenvalue weighted by Crippen LogP contribution is -2.18. The van der Waals surface area contributed by atoms with E-state index < -0.39 is 0 Å². The van der Waals surface area contributed by atoms with Crippen LogP contribution in [-0.4, -0.2) is 53.4 Å². The minimum atomic E-state index is -0.152. The SMILES string of the molecule is CCc1cc(-c2nnc(SCC(=O)Nc3ccc(OC)cc3OC)n2CC2CCCO2)cs1. The number of carbonyl (C=O) groups is 1. The zero-order valence-corrected chi connectivity index (χ0v) is 20.6. The lowest BCUT2D eigenvalue weighted by molar-refractivity contribution is -0.113. The van der Waals surface area contributed by atoms with Gasteiger partial charge in [-0.2, -0.15) is 0 Å². The molecule has 0 radical (unpaired) electrons. The van der Waals surface area contributed by atoms with Crippen LogP contribution < -0.4 is 14.8 Å². The smallest absolute Gasteiger partial charge is 0.234 e. The first-order valence-electron chi connectivity index (χ1n) is 10.9. The molecule has 1 N–H and O–H groups in total. The van der Waals surface area contributed by atoms with Crippen LogP contribution >= 0.6 is 23.1 Å². The Morgan fingerprint density at radius 2 is 2.18 bits per heavy atom. The Bertz CT molecular complexity index is 1090. The Balaban J connectivity index is 1.48. The van der Waals surface area contributed by atoms with Crippen molar-refractivity contribution >= 4 is 34.7 Å². The van der Waals surface area contributed by atoms with Crippen molar-refractivity contribution in [2.45, 2.75) is 44.0 Å². The summed E-state index contributed by atoms with van der Waals surface area (Å²) >= 11 is 3.09. The van der Waals surface area contributed by atoms with Gasteiger partial charge in [0.2, 0.25) is 5.91 Å². The highest BCUT2D eigenvalue weighted by atomic mass is 32.2. The van der Waals surface area contributed by atoms with Crippen molar-refractivity contribution in [2.24, 2.45) is 0 Å². The number of nitrogens with one attached hydrogen (secondary N) is 1. The topological polar surface area (TPSA) is 87.5 Å². The van der Waals surface area contributed by atoms with E-state index in [4.69, 9.17) is 14.2 Å². The van der Waals surface area contributed by atoms with Gasteiger partial charge >= 0.3 is 0 Å². The molecule has 176 valence electrons. The van der Waals surface area contributed by atoms with Crippen molar-refractivity contribution in [2.75, 3.05) is 31.9 Å². The van der Waals surface area contributed by atoms with Gasteiger partial charge in [-0.15, -0.1) is 21.5 Å². The van der Waals surface area contributed by atoms with E-state index in [9.17, 15) is 4.79 Å². The summed E-state index contributed by atoms with van der Waals surface area (Å²) in [5.74, 6) is 2.07. The summed E-state index contributed by atoms with van der Waals surface area (Å²) in [6.45, 7) is 3.61. The second-order valence-electron chi connectivity index (χ2n) is 7.61. The molecule has 0 spiro atoms. The quantitative estimate of drug-likeness (QED) is 0.421. The Labute approximate surface area is 201 Å². The van der Waals surface area contributed by atoms with Gasteiger partial charge in [0, 0.05) is 28.5 Å². The number of hydrogen-bond acceptors (Lipinski definition) is 8. The predicted molar refractivity (Wildman–Crippen MR) is 131 cm³/mol. The normalized spacial score (nSPS) is 15.5. The molecule has 3 heterocycles. The molecule has 0 bridgehead atoms. The summed E-state index contributed by atoms with van der Waals surface area (Å²) in [7, 11) is 3.15. The number of nitrogens with zero attached hydrogens (tertiary/aromatic N) is 3. The summed E-state index contributed by atoms with van der Waals surface area (Å²) in [4.78, 5) is 14.0. The molecule has 1 aliphatic heterocycles. The molecule has 1 saturated heterocycles. The van der Waals surface area contributed by atoms with Gasteiger partial charge < -0.3 is 19.5 Å². The van der Waals surface area contributed by atoms with Crippen molar-refractivity contribution in [3.05, 3.63) is 34.5 Å². The molecule has 1 unspecified atom stereocenters. The minimum absolute atomic E-state index is 0.140. The van der Waals surface area contributed by atoms with Crippen molar-refractivity contribution in [3.63, 3.8) is 0 Å². The zero-order chi connectivity index (χ0) is 23.2. The Morgan fingerprint density at radius 3 is 2.88 bits per heavy atom. The molecule has 4 rings (SSSR count). The average molecular weight is 489 g/mol. The fourth-order valence-electron chi connectivity index (χ4n) is 3.67. The summed E-state index contributed by atoms with van der Waals surface area (Å²) in [6.07, 6.45) is 3.21. The number of amides is 1. The van der Waals surface area contributed by atoms with Crippen LogP contribution in [0, 0.1) is 0 Å². The fraction of sp³-hybridized carbons (Fsp3) is 0.435. The van der Waals surface area contributed by atoms with Gasteiger partial charge in [0.05, 0.1) is 38.3 Å². The molecule has 1 fully saturated rings. The van der Waals surface area contributed by atoms with Crippen LogP contribution in [-0.2, 0) is 22.5 Å². The minimum Gasteiger partial charge on any atom is -0.497 e. The molecule has 2 aromatic heterocycles. The number of benzene rings is 1. The number of carbonyl (C=O) groups excluding carboxylic acids is 1. The third-order valence-corrected chi connectivity index (χ3v) is 7.45. The van der Waals surface area contributed by atoms with Crippen LogP contribution in [0.15, 0.2) is 34.8 Å². The van der Waals surface area contributed by atoms with E-state index in [0.29, 0.717) is 28.9 Å². The summed E-state index contributed by atoms with van der Waals surface area (Å²) in [5, 5.41) is 14.6. The van der Waals surface area contributed by atoms with Crippen molar-refractivity contribution in [1.29, 1.82) is 0 Å². The van der Waals surface area contributed by atoms with E-state index in [1.807, 2.05) is 0 Å². The lowest BCUT2D eigenvalue weighted by Gasteiger charge is -2.14. The number of anilines is 1. The molecular formula is C23H28N4O4S2. The molecule has 3 aromatic rings. The number of ether oxygens (including phenoxy) is 3. The zero-order valence-electron chi connectivity index (χ0n) is 19.0. The monoisotopic (exact) mass is 488 g/mol. The van der Waals surface area contributed by atoms with Crippen molar-refractivity contribution in [3.8, 4) is 22.9 Å². The lowest BCUT2D eigenvalue weighted by atomic mass is 10.2. The number of thiophene rings is 1. The Morgan fingerprint density at radius 1 is 1.30 bits per heavy atom. The molecule has 0 saturated carbocycles. The highest BCUT2D eigenvalue weighted by Crippen LogP contribution is 2.31. The van der Waals surface area contributed by atoms with Crippen LogP contribution in [0.2, 0.25) is 0 Å². The Hall–Kier alpha value is -2.56. The fourth-order valence-corrected chi connectivity index (χ4v) is 5.23. The maximum absolute atomic E-state index is 12.7. The van der Waals surface area contributed by atoms with Crippen molar-refractivity contribution in [1.82, 2.24) is 14.8 Å². The third-order valence-electron chi connectivity index (χ3n) is 5.40. The van der Waals surface area contributed by atoms with E-state index in [-0.39, 0.29) is 17.8 Å². The molecular weight excluding hydrogens is 460 g/mol. The van der Waals surface area contributed by atoms with Gasteiger partial charge in [-0.3, -0.25) is 9.36 Å². The van der Waals surface area contributed by atoms with E-state index in [0.717, 1.165) is 37.3 Å². The standard InChI is InChI=1S/C23H28N4O4S2/c1-4-18-10-15(13-32-18)22-25-26-23(27(22)12-17-6-5-9-31-17)33-14-21(28)24-19-8-7-16(29-2)11-20(19)30-3/h7-8,10-11,13,17H,4-6,9,12,14H2,1-3H3,(H,24,28). The molecule has 1 amide bonds. The third kappa shape index (κ3) is 5.69. The van der Waals surface area contributed by atoms with Gasteiger partial charge in [-0.25, -0.2) is 0 Å². The van der Waals surface area contributed by atoms with Crippen LogP contribution in [0.4, 0.5) is 5.69 Å². The first kappa shape index (κ1) is 23.6. The van der Waals surface area contributed by atoms with Gasteiger partial charge in [0.15, 0.2) is 11.0 Å². The van der Waals surface area contributed by atoms with E-state index in [1.165, 1.54) is 16.6 Å². The van der Waals surface area contributed by atoms with E-state index >= 15 is 0 Å². The number of hydrogen-bond donors (Lipinski definition) is 1. The highest BCUT2D eigenvalue weighted by molar-refractivity contribution is 7.99. The van der Waals surface area contributed by atoms with Crippen LogP contribution in [0.3, 0.4) is 0 Å². The average Bonchev–Trinajstić information content (AvgIpc) is 3.59. The second kappa shape index (κ2) is 11.0. The van der Waals surface area contributed by atoms with E-state index in [1.54, 1.807) is 43.8 Å². The highest BCUT2D eigenvalue weighted by Gasteiger charge is 2.23. The molecule has 33 heavy (non-hydrogen) atoms. The molecule has 10 heteroatoms. The predicted octanol–water partition coefficient (Wildman–Crippen LogP) is 4.50. The Kier molecular flexibility index (Phi) is 7.89. The van der Waals surface area contributed by atoms with Gasteiger partial charge in [0.25, 0.3) is 0 Å². The van der Waals surface area contributed by atoms with Crippen LogP contribution in [0.5, 0.6) is 11.5 Å². The molecule has 1 atom stereocenters. The number of rotatable bonds is 10. The second-order valence-corrected chi connectivity index (χ2v) is 9.55. The first-order chi connectivity index (χ1) is 16.1. The number of aromatic nitrogens is 3. The van der Waals surface area contributed by atoms with Crippen LogP contribution in [0.1, 0.15) is 24.6 Å². The van der Waals surface area contributed by atoms with Crippen LogP contribution in [0.25, 0.3) is 11.4 Å². The number of aryl methyl sites for hydroxylation is 1. The number of methoxy groups -OCH3 is 2. The molecule has 1 aliphatic rings. The molecule has 8 nitrogen and oxygen atoms in total. The van der Waals surface area contributed by atoms with Gasteiger partial charge in [0.1, 0.15) is 11.5 Å². The first-order valence-corrected chi connectivity index (χ1v) is 12.7. The number of thioether (sulfide) groups is 1. The van der Waals surface area contributed by atoms with Gasteiger partial charge in [-0.05, 0) is 37.5 Å². The summed E-state index contributed by atoms with van der Waals surface area (Å²) < 4.78 is 18.5. The molecule has 1 aromatic carbocycles. The summed E-state index contributed by atoms with van der Waals surface area (Å²) in [6, 6.07) is 7.44. The largest absolute Gasteiger partial charge is 0.497 e. The van der Waals surface area contributed by atoms with Crippen molar-refractivity contribution < 1.29 is 19.0 Å². The maximum atomic E-state index is 12.7. The summed E-state index contributed by atoms with van der Waals surface area (Å²) in [5.41, 5.74) is 1.65. The van der Waals surface area contributed by atoms with E-state index in [2.05, 4.69) is 38.5 Å².